The standard InChI is InChI=1S/C8H8/c1-2-8-5(1)7(8)4-3-6(4)8/h1-2,4-7H,3H2. The van der Waals surface area contributed by atoms with Gasteiger partial charge < -0.3 is 0 Å². The van der Waals surface area contributed by atoms with Gasteiger partial charge in [-0.2, -0.15) is 0 Å². The maximum Gasteiger partial charge on any atom is 0.00156 e. The molecule has 1 spiro atoms. The fourth-order valence-electron chi connectivity index (χ4n) is 3.47. The first-order chi connectivity index (χ1) is 3.94. The molecule has 0 aliphatic heterocycles. The zero-order valence-corrected chi connectivity index (χ0v) is 4.67. The first kappa shape index (κ1) is 3.05. The predicted molar refractivity (Wildman–Crippen MR) is 30.1 cm³/mol. The molecule has 5 unspecified atom stereocenters. The smallest absolute Gasteiger partial charge is 0.00156 e. The lowest BCUT2D eigenvalue weighted by atomic mass is 9.81. The summed E-state index contributed by atoms with van der Waals surface area (Å²) in [5.41, 5.74) is 0.880. The Bertz CT molecular complexity index is 216. The molecular weight excluding hydrogens is 96.1 g/mol. The summed E-state index contributed by atoms with van der Waals surface area (Å²) in [5, 5.41) is 0. The van der Waals surface area contributed by atoms with Crippen molar-refractivity contribution in [3.05, 3.63) is 12.2 Å². The average Bonchev–Trinajstić information content (AvgIpc) is 2.41. The van der Waals surface area contributed by atoms with Gasteiger partial charge in [-0.15, -0.1) is 0 Å². The molecule has 4 aliphatic carbocycles. The van der Waals surface area contributed by atoms with E-state index in [0.29, 0.717) is 0 Å². The molecule has 0 nitrogen and oxygen atoms in total. The van der Waals surface area contributed by atoms with E-state index in [9.17, 15) is 0 Å². The normalized spacial score (nSPS) is 85.0. The molecule has 0 heterocycles. The van der Waals surface area contributed by atoms with Gasteiger partial charge in [-0.25, -0.2) is 0 Å². The molecule has 0 aromatic carbocycles. The Kier molecular flexibility index (Phi) is 0.197. The van der Waals surface area contributed by atoms with E-state index in [2.05, 4.69) is 12.2 Å². The summed E-state index contributed by atoms with van der Waals surface area (Å²) in [6.45, 7) is 0. The zero-order valence-electron chi connectivity index (χ0n) is 4.67. The van der Waals surface area contributed by atoms with Crippen LogP contribution in [0.4, 0.5) is 0 Å². The van der Waals surface area contributed by atoms with Crippen LogP contribution in [0.3, 0.4) is 0 Å². The molecule has 0 radical (unpaired) electrons. The molecule has 0 saturated heterocycles. The van der Waals surface area contributed by atoms with Crippen LogP contribution in [-0.2, 0) is 0 Å². The summed E-state index contributed by atoms with van der Waals surface area (Å²) in [6, 6.07) is 0. The van der Waals surface area contributed by atoms with E-state index in [-0.39, 0.29) is 0 Å². The second-order valence-electron chi connectivity index (χ2n) is 3.92. The lowest BCUT2D eigenvalue weighted by Gasteiger charge is -2.23. The van der Waals surface area contributed by atoms with Crippen molar-refractivity contribution in [2.45, 2.75) is 6.42 Å². The maximum atomic E-state index is 2.48. The third kappa shape index (κ3) is 0.101. The Balaban J connectivity index is 2.05. The molecule has 4 rings (SSSR count). The largest absolute Gasteiger partial charge is 0.0836 e. The number of allylic oxidation sites excluding steroid dienone is 2. The van der Waals surface area contributed by atoms with Crippen LogP contribution in [0.2, 0.25) is 0 Å². The minimum absolute atomic E-state index is 0.880. The van der Waals surface area contributed by atoms with E-state index >= 15 is 0 Å². The fraction of sp³-hybridized carbons (Fsp3) is 0.750. The van der Waals surface area contributed by atoms with Crippen LogP contribution < -0.4 is 0 Å². The lowest BCUT2D eigenvalue weighted by Crippen LogP contribution is -2.18. The molecule has 0 bridgehead atoms. The minimum atomic E-state index is 0.880. The molecular formula is C8H8. The number of rotatable bonds is 0. The molecule has 8 heavy (non-hydrogen) atoms. The first-order valence-corrected chi connectivity index (χ1v) is 3.64. The van der Waals surface area contributed by atoms with Gasteiger partial charge in [0.25, 0.3) is 0 Å². The van der Waals surface area contributed by atoms with Crippen molar-refractivity contribution in [2.75, 3.05) is 0 Å². The highest BCUT2D eigenvalue weighted by atomic mass is 14.9. The zero-order chi connectivity index (χ0) is 4.93. The summed E-state index contributed by atoms with van der Waals surface area (Å²) >= 11 is 0. The van der Waals surface area contributed by atoms with E-state index < -0.39 is 0 Å². The first-order valence-electron chi connectivity index (χ1n) is 3.64. The molecule has 4 aliphatic rings. The maximum absolute atomic E-state index is 2.48. The summed E-state index contributed by atoms with van der Waals surface area (Å²) in [4.78, 5) is 0. The highest BCUT2D eigenvalue weighted by Crippen LogP contribution is 2.92. The number of hydrogen-bond donors (Lipinski definition) is 0. The molecule has 3 saturated carbocycles. The Hall–Kier alpha value is -0.260. The van der Waals surface area contributed by atoms with E-state index in [4.69, 9.17) is 0 Å². The van der Waals surface area contributed by atoms with E-state index in [1.165, 1.54) is 17.8 Å². The Morgan fingerprint density at radius 2 is 2.50 bits per heavy atom. The third-order valence-corrected chi connectivity index (χ3v) is 3.97. The Morgan fingerprint density at radius 1 is 1.50 bits per heavy atom. The summed E-state index contributed by atoms with van der Waals surface area (Å²) < 4.78 is 0. The van der Waals surface area contributed by atoms with Crippen LogP contribution in [0.1, 0.15) is 6.42 Å². The number of fused-ring (bicyclic) bond motifs is 3. The van der Waals surface area contributed by atoms with E-state index in [1.807, 2.05) is 0 Å². The second-order valence-corrected chi connectivity index (χ2v) is 3.92. The van der Waals surface area contributed by atoms with Gasteiger partial charge in [-0.3, -0.25) is 0 Å². The van der Waals surface area contributed by atoms with E-state index in [1.54, 1.807) is 6.42 Å². The quantitative estimate of drug-likeness (QED) is 0.408. The van der Waals surface area contributed by atoms with Gasteiger partial charge in [-0.1, -0.05) is 12.2 Å². The highest BCUT2D eigenvalue weighted by Gasteiger charge is 2.87. The molecule has 3 fully saturated rings. The van der Waals surface area contributed by atoms with Crippen molar-refractivity contribution >= 4 is 0 Å². The molecule has 0 N–H and O–H groups in total. The van der Waals surface area contributed by atoms with Crippen LogP contribution in [0.15, 0.2) is 12.2 Å². The summed E-state index contributed by atoms with van der Waals surface area (Å²) in [7, 11) is 0. The highest BCUT2D eigenvalue weighted by molar-refractivity contribution is 5.49. The lowest BCUT2D eigenvalue weighted by molar-refractivity contribution is 0.329. The van der Waals surface area contributed by atoms with Crippen LogP contribution >= 0.6 is 0 Å². The summed E-state index contributed by atoms with van der Waals surface area (Å²) in [5.74, 6) is 4.70. The van der Waals surface area contributed by atoms with Gasteiger partial charge in [-0.05, 0) is 30.1 Å². The van der Waals surface area contributed by atoms with Gasteiger partial charge in [0.15, 0.2) is 0 Å². The second kappa shape index (κ2) is 0.516. The van der Waals surface area contributed by atoms with Crippen molar-refractivity contribution in [3.63, 3.8) is 0 Å². The minimum Gasteiger partial charge on any atom is -0.0836 e. The average molecular weight is 104 g/mol. The van der Waals surface area contributed by atoms with Gasteiger partial charge >= 0.3 is 0 Å². The van der Waals surface area contributed by atoms with Crippen LogP contribution in [0, 0.1) is 29.1 Å². The molecule has 5 atom stereocenters. The topological polar surface area (TPSA) is 0 Å². The van der Waals surface area contributed by atoms with E-state index in [0.717, 1.165) is 11.3 Å². The Labute approximate surface area is 48.6 Å². The molecule has 0 aromatic rings. The van der Waals surface area contributed by atoms with Crippen molar-refractivity contribution < 1.29 is 0 Å². The van der Waals surface area contributed by atoms with Crippen LogP contribution in [0.25, 0.3) is 0 Å². The predicted octanol–water partition coefficient (Wildman–Crippen LogP) is 1.44. The summed E-state index contributed by atoms with van der Waals surface area (Å²) in [6.07, 6.45) is 6.50. The van der Waals surface area contributed by atoms with Crippen LogP contribution in [0.5, 0.6) is 0 Å². The Morgan fingerprint density at radius 3 is 2.88 bits per heavy atom. The van der Waals surface area contributed by atoms with Crippen molar-refractivity contribution in [1.29, 1.82) is 0 Å². The fourth-order valence-corrected chi connectivity index (χ4v) is 3.47. The molecule has 0 amide bonds. The van der Waals surface area contributed by atoms with Gasteiger partial charge in [0.2, 0.25) is 0 Å². The number of hydrogen-bond acceptors (Lipinski definition) is 0. The molecule has 0 aromatic heterocycles. The van der Waals surface area contributed by atoms with Crippen molar-refractivity contribution in [2.24, 2.45) is 29.1 Å². The molecule has 40 valence electrons. The van der Waals surface area contributed by atoms with Gasteiger partial charge in [0, 0.05) is 5.41 Å². The van der Waals surface area contributed by atoms with Crippen molar-refractivity contribution in [1.82, 2.24) is 0 Å². The monoisotopic (exact) mass is 104 g/mol. The molecule has 0 heteroatoms. The van der Waals surface area contributed by atoms with Crippen molar-refractivity contribution in [3.8, 4) is 0 Å². The van der Waals surface area contributed by atoms with Gasteiger partial charge in [0.1, 0.15) is 0 Å². The SMILES string of the molecule is C1=CC23C1C2C1CC13. The third-order valence-electron chi connectivity index (χ3n) is 3.97. The van der Waals surface area contributed by atoms with Gasteiger partial charge in [0.05, 0.1) is 0 Å². The van der Waals surface area contributed by atoms with Crippen LogP contribution in [-0.4, -0.2) is 0 Å².